The summed E-state index contributed by atoms with van der Waals surface area (Å²) in [4.78, 5) is 15.5. The van der Waals surface area contributed by atoms with Crippen LogP contribution in [0.1, 0.15) is 22.3 Å². The Labute approximate surface area is 208 Å². The summed E-state index contributed by atoms with van der Waals surface area (Å²) in [7, 11) is 2.84. The van der Waals surface area contributed by atoms with Crippen molar-refractivity contribution in [2.24, 2.45) is 4.99 Å². The molecular weight excluding hydrogens is 458 g/mol. The third-order valence-electron chi connectivity index (χ3n) is 5.71. The van der Waals surface area contributed by atoms with Crippen LogP contribution in [0.25, 0.3) is 22.5 Å². The van der Waals surface area contributed by atoms with E-state index in [9.17, 15) is 15.4 Å². The topological polar surface area (TPSA) is 111 Å². The van der Waals surface area contributed by atoms with Crippen LogP contribution in [0.4, 0.5) is 11.6 Å². The Balaban J connectivity index is 1.91. The van der Waals surface area contributed by atoms with E-state index in [2.05, 4.69) is 11.1 Å². The zero-order chi connectivity index (χ0) is 25.8. The summed E-state index contributed by atoms with van der Waals surface area (Å²) in [5, 5.41) is 21.8. The van der Waals surface area contributed by atoms with Crippen molar-refractivity contribution in [1.29, 1.82) is 5.26 Å². The van der Waals surface area contributed by atoms with Crippen molar-refractivity contribution in [1.82, 2.24) is 0 Å². The van der Waals surface area contributed by atoms with Crippen LogP contribution in [0, 0.1) is 35.3 Å². The minimum atomic E-state index is -0.536. The predicted octanol–water partition coefficient (Wildman–Crippen LogP) is 6.78. The fourth-order valence-electron chi connectivity index (χ4n) is 3.79. The van der Waals surface area contributed by atoms with Crippen LogP contribution in [0.5, 0.6) is 11.5 Å². The van der Waals surface area contributed by atoms with Crippen molar-refractivity contribution < 1.29 is 18.8 Å². The summed E-state index contributed by atoms with van der Waals surface area (Å²) in [6.45, 7) is 3.97. The van der Waals surface area contributed by atoms with Crippen LogP contribution in [0.15, 0.2) is 70.1 Å². The number of hydrogen-bond donors (Lipinski definition) is 0. The molecule has 4 rings (SSSR count). The lowest BCUT2D eigenvalue weighted by molar-refractivity contribution is -0.385. The summed E-state index contributed by atoms with van der Waals surface area (Å²) >= 11 is 0. The number of hydrogen-bond acceptors (Lipinski definition) is 7. The van der Waals surface area contributed by atoms with Crippen LogP contribution >= 0.6 is 0 Å². The highest BCUT2D eigenvalue weighted by atomic mass is 16.6. The van der Waals surface area contributed by atoms with Gasteiger partial charge in [0.05, 0.1) is 30.8 Å². The van der Waals surface area contributed by atoms with E-state index in [1.54, 1.807) is 0 Å². The Morgan fingerprint density at radius 3 is 2.03 bits per heavy atom. The van der Waals surface area contributed by atoms with E-state index in [1.807, 2.05) is 62.4 Å². The van der Waals surface area contributed by atoms with Gasteiger partial charge in [0, 0.05) is 17.3 Å². The highest BCUT2D eigenvalue weighted by Gasteiger charge is 2.24. The Morgan fingerprint density at radius 1 is 0.944 bits per heavy atom. The Morgan fingerprint density at radius 2 is 1.50 bits per heavy atom. The lowest BCUT2D eigenvalue weighted by Crippen LogP contribution is -1.98. The molecule has 8 heteroatoms. The molecule has 1 heterocycles. The van der Waals surface area contributed by atoms with Gasteiger partial charge in [-0.1, -0.05) is 59.7 Å². The first-order valence-corrected chi connectivity index (χ1v) is 11.0. The molecule has 0 saturated carbocycles. The van der Waals surface area contributed by atoms with Crippen molar-refractivity contribution in [2.45, 2.75) is 13.8 Å². The number of nitrogens with zero attached hydrogens (tertiary/aromatic N) is 3. The molecule has 0 N–H and O–H groups in total. The fraction of sp³-hybridized carbons (Fsp3) is 0.143. The molecule has 0 bridgehead atoms. The fourth-order valence-corrected chi connectivity index (χ4v) is 3.79. The van der Waals surface area contributed by atoms with E-state index in [4.69, 9.17) is 13.9 Å². The lowest BCUT2D eigenvalue weighted by atomic mass is 9.97. The Kier molecular flexibility index (Phi) is 6.84. The summed E-state index contributed by atoms with van der Waals surface area (Å²) in [5.74, 6) is 1.07. The van der Waals surface area contributed by atoms with E-state index in [1.165, 1.54) is 32.6 Å². The van der Waals surface area contributed by atoms with Crippen molar-refractivity contribution in [3.05, 3.63) is 93.0 Å². The van der Waals surface area contributed by atoms with Crippen molar-refractivity contribution in [3.63, 3.8) is 0 Å². The van der Waals surface area contributed by atoms with Crippen molar-refractivity contribution in [2.75, 3.05) is 14.2 Å². The average molecular weight is 482 g/mol. The highest BCUT2D eigenvalue weighted by molar-refractivity contribution is 5.92. The molecule has 0 amide bonds. The van der Waals surface area contributed by atoms with Gasteiger partial charge in [-0.3, -0.25) is 10.1 Å². The smallest absolute Gasteiger partial charge is 0.282 e. The SMILES string of the molecule is COc1cc(C=Nc2oc(-c3ccc(C)cc3)c(-c3ccc(C)cc3)c2C#N)c([N+](=O)[O-])cc1OC. The number of aryl methyl sites for hydroxylation is 2. The van der Waals surface area contributed by atoms with Gasteiger partial charge in [-0.05, 0) is 25.5 Å². The Bertz CT molecular complexity index is 1490. The maximum atomic E-state index is 11.7. The Hall–Kier alpha value is -4.90. The van der Waals surface area contributed by atoms with Gasteiger partial charge in [0.25, 0.3) is 5.69 Å². The molecule has 0 aliphatic heterocycles. The van der Waals surface area contributed by atoms with Gasteiger partial charge in [-0.2, -0.15) is 5.26 Å². The van der Waals surface area contributed by atoms with Crippen LogP contribution in [-0.2, 0) is 0 Å². The van der Waals surface area contributed by atoms with E-state index in [-0.39, 0.29) is 28.4 Å². The van der Waals surface area contributed by atoms with Gasteiger partial charge >= 0.3 is 0 Å². The standard InChI is InChI=1S/C28H23N3O5/c1-17-5-9-19(10-6-17)26-22(15-29)28(36-27(26)20-11-7-18(2)8-12-20)30-16-21-13-24(34-3)25(35-4)14-23(21)31(32)33/h5-14,16H,1-4H3. The first-order chi connectivity index (χ1) is 17.4. The van der Waals surface area contributed by atoms with Crippen molar-refractivity contribution >= 4 is 17.8 Å². The molecule has 3 aromatic carbocycles. The monoisotopic (exact) mass is 481 g/mol. The highest BCUT2D eigenvalue weighted by Crippen LogP contribution is 2.43. The van der Waals surface area contributed by atoms with Crippen LogP contribution < -0.4 is 9.47 Å². The maximum Gasteiger partial charge on any atom is 0.282 e. The number of aliphatic imine (C=N–C) groups is 1. The van der Waals surface area contributed by atoms with E-state index < -0.39 is 4.92 Å². The molecule has 0 saturated heterocycles. The number of rotatable bonds is 7. The molecule has 0 unspecified atom stereocenters. The zero-order valence-electron chi connectivity index (χ0n) is 20.2. The van der Waals surface area contributed by atoms with Crippen LogP contribution in [0.2, 0.25) is 0 Å². The molecule has 0 radical (unpaired) electrons. The molecule has 0 atom stereocenters. The molecule has 0 aliphatic carbocycles. The zero-order valence-corrected chi connectivity index (χ0v) is 20.2. The third kappa shape index (κ3) is 4.68. The summed E-state index contributed by atoms with van der Waals surface area (Å²) in [5.41, 5.74) is 4.54. The number of furan rings is 1. The third-order valence-corrected chi connectivity index (χ3v) is 5.71. The molecule has 0 spiro atoms. The normalized spacial score (nSPS) is 10.9. The number of ether oxygens (including phenoxy) is 2. The van der Waals surface area contributed by atoms with Crippen LogP contribution in [-0.4, -0.2) is 25.4 Å². The molecule has 180 valence electrons. The predicted molar refractivity (Wildman–Crippen MR) is 137 cm³/mol. The number of nitro benzene ring substituents is 1. The van der Waals surface area contributed by atoms with Gasteiger partial charge in [0.2, 0.25) is 5.88 Å². The number of nitro groups is 1. The molecule has 4 aromatic rings. The number of methoxy groups -OCH3 is 2. The van der Waals surface area contributed by atoms with Gasteiger partial charge < -0.3 is 13.9 Å². The molecule has 1 aromatic heterocycles. The van der Waals surface area contributed by atoms with Gasteiger partial charge in [-0.15, -0.1) is 0 Å². The molecule has 8 nitrogen and oxygen atoms in total. The maximum absolute atomic E-state index is 11.7. The van der Waals surface area contributed by atoms with Crippen molar-refractivity contribution in [3.8, 4) is 40.0 Å². The van der Waals surface area contributed by atoms with Gasteiger partial charge in [-0.25, -0.2) is 4.99 Å². The quantitative estimate of drug-likeness (QED) is 0.163. The minimum Gasteiger partial charge on any atom is -0.493 e. The molecule has 0 aliphatic rings. The largest absolute Gasteiger partial charge is 0.493 e. The summed E-state index contributed by atoms with van der Waals surface area (Å²) in [6, 6.07) is 20.4. The second kappa shape index (κ2) is 10.2. The lowest BCUT2D eigenvalue weighted by Gasteiger charge is -2.08. The van der Waals surface area contributed by atoms with Crippen LogP contribution in [0.3, 0.4) is 0 Å². The summed E-state index contributed by atoms with van der Waals surface area (Å²) < 4.78 is 16.6. The van der Waals surface area contributed by atoms with E-state index in [0.29, 0.717) is 17.1 Å². The minimum absolute atomic E-state index is 0.0488. The summed E-state index contributed by atoms with van der Waals surface area (Å²) in [6.07, 6.45) is 1.29. The van der Waals surface area contributed by atoms with Gasteiger partial charge in [0.1, 0.15) is 17.4 Å². The van der Waals surface area contributed by atoms with E-state index >= 15 is 0 Å². The molecule has 0 fully saturated rings. The average Bonchev–Trinajstić information content (AvgIpc) is 3.26. The molecule has 36 heavy (non-hydrogen) atoms. The molecular formula is C28H23N3O5. The number of benzene rings is 3. The first kappa shape index (κ1) is 24.2. The first-order valence-electron chi connectivity index (χ1n) is 11.0. The second-order valence-electron chi connectivity index (χ2n) is 8.11. The second-order valence-corrected chi connectivity index (χ2v) is 8.11. The van der Waals surface area contributed by atoms with Gasteiger partial charge in [0.15, 0.2) is 11.5 Å². The van der Waals surface area contributed by atoms with E-state index in [0.717, 1.165) is 22.3 Å². The number of nitriles is 1.